The molecular formula is C12H11IN2O3. The van der Waals surface area contributed by atoms with Crippen LogP contribution in [0.1, 0.15) is 5.76 Å². The number of carbonyl (C=O) groups excluding carboxylic acids is 1. The highest BCUT2D eigenvalue weighted by Gasteiger charge is 2.08. The van der Waals surface area contributed by atoms with Crippen LogP contribution in [0.2, 0.25) is 0 Å². The molecule has 0 aliphatic heterocycles. The van der Waals surface area contributed by atoms with E-state index in [0.29, 0.717) is 17.3 Å². The van der Waals surface area contributed by atoms with Crippen molar-refractivity contribution in [3.63, 3.8) is 0 Å². The lowest BCUT2D eigenvalue weighted by molar-refractivity contribution is -0.118. The third-order valence-corrected chi connectivity index (χ3v) is 2.98. The molecule has 0 atom stereocenters. The second kappa shape index (κ2) is 5.85. The first-order valence-electron chi connectivity index (χ1n) is 5.25. The molecule has 6 heteroatoms. The number of ether oxygens (including phenoxy) is 1. The monoisotopic (exact) mass is 358 g/mol. The van der Waals surface area contributed by atoms with Gasteiger partial charge in [-0.2, -0.15) is 0 Å². The van der Waals surface area contributed by atoms with Gasteiger partial charge < -0.3 is 14.6 Å². The Bertz CT molecular complexity index is 554. The molecule has 1 N–H and O–H groups in total. The second-order valence-corrected chi connectivity index (χ2v) is 4.75. The van der Waals surface area contributed by atoms with Crippen LogP contribution < -0.4 is 10.1 Å². The van der Waals surface area contributed by atoms with Crippen LogP contribution in [-0.2, 0) is 4.79 Å². The molecule has 0 radical (unpaired) electrons. The average molecular weight is 358 g/mol. The van der Waals surface area contributed by atoms with Crippen LogP contribution in [0.5, 0.6) is 5.75 Å². The van der Waals surface area contributed by atoms with E-state index in [4.69, 9.17) is 9.26 Å². The minimum atomic E-state index is -0.275. The Morgan fingerprint density at radius 2 is 2.28 bits per heavy atom. The molecule has 0 spiro atoms. The Labute approximate surface area is 118 Å². The molecule has 0 aliphatic rings. The third kappa shape index (κ3) is 3.46. The Morgan fingerprint density at radius 3 is 2.94 bits per heavy atom. The van der Waals surface area contributed by atoms with Crippen molar-refractivity contribution in [1.29, 1.82) is 0 Å². The van der Waals surface area contributed by atoms with Gasteiger partial charge in [0.05, 0.1) is 3.57 Å². The van der Waals surface area contributed by atoms with Gasteiger partial charge in [-0.3, -0.25) is 4.79 Å². The lowest BCUT2D eigenvalue weighted by atomic mass is 10.3. The topological polar surface area (TPSA) is 64.4 Å². The Balaban J connectivity index is 1.87. The van der Waals surface area contributed by atoms with Gasteiger partial charge in [0.1, 0.15) is 11.5 Å². The summed E-state index contributed by atoms with van der Waals surface area (Å²) in [4.78, 5) is 11.6. The van der Waals surface area contributed by atoms with Crippen molar-refractivity contribution in [1.82, 2.24) is 5.16 Å². The predicted octanol–water partition coefficient (Wildman–Crippen LogP) is 2.61. The van der Waals surface area contributed by atoms with Gasteiger partial charge in [0, 0.05) is 6.07 Å². The van der Waals surface area contributed by atoms with Crippen molar-refractivity contribution in [3.8, 4) is 5.75 Å². The lowest BCUT2D eigenvalue weighted by Crippen LogP contribution is -2.20. The summed E-state index contributed by atoms with van der Waals surface area (Å²) in [6.45, 7) is 1.69. The van der Waals surface area contributed by atoms with Crippen LogP contribution >= 0.6 is 22.6 Å². The van der Waals surface area contributed by atoms with Gasteiger partial charge in [-0.15, -0.1) is 0 Å². The quantitative estimate of drug-likeness (QED) is 0.854. The van der Waals surface area contributed by atoms with Crippen LogP contribution in [0.25, 0.3) is 0 Å². The smallest absolute Gasteiger partial charge is 0.263 e. The summed E-state index contributed by atoms with van der Waals surface area (Å²) >= 11 is 2.15. The number of amides is 1. The van der Waals surface area contributed by atoms with Crippen LogP contribution in [0.3, 0.4) is 0 Å². The average Bonchev–Trinajstić information content (AvgIpc) is 2.74. The van der Waals surface area contributed by atoms with E-state index in [-0.39, 0.29) is 12.5 Å². The summed E-state index contributed by atoms with van der Waals surface area (Å²) in [5.41, 5.74) is 0. The molecule has 2 rings (SSSR count). The second-order valence-electron chi connectivity index (χ2n) is 3.59. The first kappa shape index (κ1) is 12.9. The zero-order valence-corrected chi connectivity index (χ0v) is 11.8. The highest BCUT2D eigenvalue weighted by Crippen LogP contribution is 2.19. The van der Waals surface area contributed by atoms with Crippen molar-refractivity contribution >= 4 is 34.3 Å². The highest BCUT2D eigenvalue weighted by molar-refractivity contribution is 14.1. The first-order valence-corrected chi connectivity index (χ1v) is 6.33. The SMILES string of the molecule is Cc1cc(NC(=O)COc2ccccc2I)no1. The fourth-order valence-corrected chi connectivity index (χ4v) is 1.85. The highest BCUT2D eigenvalue weighted by atomic mass is 127. The van der Waals surface area contributed by atoms with Gasteiger partial charge in [0.2, 0.25) is 0 Å². The van der Waals surface area contributed by atoms with Gasteiger partial charge in [0.25, 0.3) is 5.91 Å². The van der Waals surface area contributed by atoms with Gasteiger partial charge in [-0.25, -0.2) is 0 Å². The molecule has 1 aromatic heterocycles. The van der Waals surface area contributed by atoms with Gasteiger partial charge in [-0.1, -0.05) is 17.3 Å². The van der Waals surface area contributed by atoms with Crippen molar-refractivity contribution in [2.75, 3.05) is 11.9 Å². The number of aryl methyl sites for hydroxylation is 1. The molecule has 0 fully saturated rings. The maximum Gasteiger partial charge on any atom is 0.263 e. The summed E-state index contributed by atoms with van der Waals surface area (Å²) in [5.74, 6) is 1.44. The number of benzene rings is 1. The zero-order chi connectivity index (χ0) is 13.0. The molecule has 18 heavy (non-hydrogen) atoms. The Kier molecular flexibility index (Phi) is 4.19. The van der Waals surface area contributed by atoms with Crippen LogP contribution in [0.4, 0.5) is 5.82 Å². The minimum absolute atomic E-state index is 0.0636. The third-order valence-electron chi connectivity index (χ3n) is 2.09. The molecule has 0 saturated heterocycles. The molecule has 0 aliphatic carbocycles. The number of rotatable bonds is 4. The van der Waals surface area contributed by atoms with E-state index >= 15 is 0 Å². The van der Waals surface area contributed by atoms with Gasteiger partial charge in [-0.05, 0) is 41.6 Å². The molecule has 94 valence electrons. The lowest BCUT2D eigenvalue weighted by Gasteiger charge is -2.07. The maximum atomic E-state index is 11.6. The summed E-state index contributed by atoms with van der Waals surface area (Å²) in [5, 5.41) is 6.25. The van der Waals surface area contributed by atoms with E-state index in [1.165, 1.54) is 0 Å². The summed E-state index contributed by atoms with van der Waals surface area (Å²) < 4.78 is 11.2. The summed E-state index contributed by atoms with van der Waals surface area (Å²) in [6, 6.07) is 9.14. The largest absolute Gasteiger partial charge is 0.483 e. The number of hydrogen-bond acceptors (Lipinski definition) is 4. The van der Waals surface area contributed by atoms with Crippen molar-refractivity contribution < 1.29 is 14.1 Å². The standard InChI is InChI=1S/C12H11IN2O3/c1-8-6-11(15-18-8)14-12(16)7-17-10-5-3-2-4-9(10)13/h2-6H,7H2,1H3,(H,14,15,16). The van der Waals surface area contributed by atoms with Crippen molar-refractivity contribution in [2.45, 2.75) is 6.92 Å². The molecule has 0 bridgehead atoms. The predicted molar refractivity (Wildman–Crippen MR) is 74.5 cm³/mol. The number of aromatic nitrogens is 1. The van der Waals surface area contributed by atoms with E-state index in [1.807, 2.05) is 24.3 Å². The van der Waals surface area contributed by atoms with Crippen LogP contribution in [0.15, 0.2) is 34.9 Å². The maximum absolute atomic E-state index is 11.6. The van der Waals surface area contributed by atoms with E-state index < -0.39 is 0 Å². The molecule has 0 saturated carbocycles. The van der Waals surface area contributed by atoms with E-state index in [1.54, 1.807) is 13.0 Å². The summed E-state index contributed by atoms with van der Waals surface area (Å²) in [7, 11) is 0. The number of carbonyl (C=O) groups is 1. The van der Waals surface area contributed by atoms with E-state index in [0.717, 1.165) is 3.57 Å². The van der Waals surface area contributed by atoms with Crippen LogP contribution in [-0.4, -0.2) is 17.7 Å². The molecule has 0 unspecified atom stereocenters. The number of halogens is 1. The van der Waals surface area contributed by atoms with E-state index in [2.05, 4.69) is 33.1 Å². The molecular weight excluding hydrogens is 347 g/mol. The van der Waals surface area contributed by atoms with E-state index in [9.17, 15) is 4.79 Å². The molecule has 1 amide bonds. The first-order chi connectivity index (χ1) is 8.65. The molecule has 5 nitrogen and oxygen atoms in total. The van der Waals surface area contributed by atoms with Crippen molar-refractivity contribution in [3.05, 3.63) is 39.7 Å². The fourth-order valence-electron chi connectivity index (χ4n) is 1.31. The minimum Gasteiger partial charge on any atom is -0.483 e. The number of anilines is 1. The molecule has 2 aromatic rings. The van der Waals surface area contributed by atoms with Gasteiger partial charge in [0.15, 0.2) is 12.4 Å². The summed E-state index contributed by atoms with van der Waals surface area (Å²) in [6.07, 6.45) is 0. The Morgan fingerprint density at radius 1 is 1.50 bits per heavy atom. The number of nitrogens with zero attached hydrogens (tertiary/aromatic N) is 1. The fraction of sp³-hybridized carbons (Fsp3) is 0.167. The zero-order valence-electron chi connectivity index (χ0n) is 9.64. The normalized spacial score (nSPS) is 10.1. The number of nitrogens with one attached hydrogen (secondary N) is 1. The number of hydrogen-bond donors (Lipinski definition) is 1. The van der Waals surface area contributed by atoms with Crippen LogP contribution in [0, 0.1) is 10.5 Å². The number of para-hydroxylation sites is 1. The molecule has 1 aromatic carbocycles. The van der Waals surface area contributed by atoms with Gasteiger partial charge >= 0.3 is 0 Å². The van der Waals surface area contributed by atoms with Crippen molar-refractivity contribution in [2.24, 2.45) is 0 Å². The molecule has 1 heterocycles. The Hall–Kier alpha value is -1.57.